The number of rotatable bonds is 6. The van der Waals surface area contributed by atoms with Crippen LogP contribution in [0.1, 0.15) is 40.5 Å². The van der Waals surface area contributed by atoms with Crippen LogP contribution in [0, 0.1) is 5.41 Å². The number of hydrogen-bond acceptors (Lipinski definition) is 4. The summed E-state index contributed by atoms with van der Waals surface area (Å²) in [5.74, 6) is 0.806. The van der Waals surface area contributed by atoms with E-state index in [9.17, 15) is 9.59 Å². The monoisotopic (exact) mass is 232 g/mol. The fourth-order valence-corrected chi connectivity index (χ4v) is 1.75. The summed E-state index contributed by atoms with van der Waals surface area (Å²) in [6, 6.07) is 0. The molecule has 0 rings (SSSR count). The van der Waals surface area contributed by atoms with E-state index in [0.29, 0.717) is 18.6 Å². The van der Waals surface area contributed by atoms with E-state index in [1.807, 2.05) is 13.8 Å². The van der Waals surface area contributed by atoms with Crippen LogP contribution in [0.3, 0.4) is 0 Å². The molecular weight excluding hydrogens is 212 g/mol. The van der Waals surface area contributed by atoms with Crippen LogP contribution in [-0.2, 0) is 14.3 Å². The molecule has 0 aromatic heterocycles. The molecule has 0 N–H and O–H groups in total. The predicted octanol–water partition coefficient (Wildman–Crippen LogP) is 2.64. The highest BCUT2D eigenvalue weighted by Crippen LogP contribution is 2.23. The highest BCUT2D eigenvalue weighted by Gasteiger charge is 2.30. The Labute approximate surface area is 95.9 Å². The third-order valence-electron chi connectivity index (χ3n) is 1.88. The summed E-state index contributed by atoms with van der Waals surface area (Å²) in [4.78, 5) is 22.7. The van der Waals surface area contributed by atoms with Crippen molar-refractivity contribution < 1.29 is 14.3 Å². The van der Waals surface area contributed by atoms with Gasteiger partial charge in [-0.3, -0.25) is 9.59 Å². The van der Waals surface area contributed by atoms with Gasteiger partial charge in [-0.25, -0.2) is 0 Å². The molecule has 0 fully saturated rings. The largest absolute Gasteiger partial charge is 0.393 e. The number of carbonyl (C=O) groups is 2. The molecule has 88 valence electrons. The number of ether oxygens (including phenoxy) is 1. The minimum Gasteiger partial charge on any atom is -0.393 e. The molecule has 0 atom stereocenters. The van der Waals surface area contributed by atoms with E-state index >= 15 is 0 Å². The second-order valence-electron chi connectivity index (χ2n) is 4.03. The topological polar surface area (TPSA) is 43.4 Å². The SMILES string of the molecule is CCCC(=O)OC(=O)C(C)(C)CSCC. The van der Waals surface area contributed by atoms with E-state index in [4.69, 9.17) is 4.74 Å². The quantitative estimate of drug-likeness (QED) is 0.521. The number of hydrogen-bond donors (Lipinski definition) is 0. The van der Waals surface area contributed by atoms with Crippen molar-refractivity contribution >= 4 is 23.7 Å². The first-order valence-corrected chi connectivity index (χ1v) is 6.42. The summed E-state index contributed by atoms with van der Waals surface area (Å²) in [5.41, 5.74) is -0.579. The summed E-state index contributed by atoms with van der Waals surface area (Å²) in [6.07, 6.45) is 1.01. The van der Waals surface area contributed by atoms with E-state index in [0.717, 1.165) is 5.75 Å². The van der Waals surface area contributed by atoms with Gasteiger partial charge in [0.1, 0.15) is 0 Å². The van der Waals surface area contributed by atoms with E-state index in [1.165, 1.54) is 0 Å². The smallest absolute Gasteiger partial charge is 0.319 e. The number of thioether (sulfide) groups is 1. The standard InChI is InChI=1S/C11H20O3S/c1-5-7-9(12)14-10(13)11(3,4)8-15-6-2/h5-8H2,1-4H3. The molecule has 0 aliphatic heterocycles. The van der Waals surface area contributed by atoms with Crippen molar-refractivity contribution in [3.8, 4) is 0 Å². The highest BCUT2D eigenvalue weighted by atomic mass is 32.2. The van der Waals surface area contributed by atoms with Crippen LogP contribution in [0.2, 0.25) is 0 Å². The molecule has 0 heterocycles. The van der Waals surface area contributed by atoms with Crippen LogP contribution in [0.5, 0.6) is 0 Å². The Balaban J connectivity index is 4.12. The van der Waals surface area contributed by atoms with Crippen molar-refractivity contribution in [2.24, 2.45) is 5.41 Å². The van der Waals surface area contributed by atoms with Gasteiger partial charge in [0.15, 0.2) is 0 Å². The van der Waals surface area contributed by atoms with Crippen molar-refractivity contribution in [1.82, 2.24) is 0 Å². The zero-order chi connectivity index (χ0) is 11.9. The second-order valence-corrected chi connectivity index (χ2v) is 5.31. The van der Waals surface area contributed by atoms with Crippen LogP contribution < -0.4 is 0 Å². The Morgan fingerprint density at radius 2 is 1.87 bits per heavy atom. The lowest BCUT2D eigenvalue weighted by Crippen LogP contribution is -2.31. The molecule has 0 aliphatic carbocycles. The van der Waals surface area contributed by atoms with Crippen LogP contribution in [0.15, 0.2) is 0 Å². The first kappa shape index (κ1) is 14.5. The van der Waals surface area contributed by atoms with Crippen molar-refractivity contribution in [3.05, 3.63) is 0 Å². The molecule has 0 aromatic rings. The Kier molecular flexibility index (Phi) is 6.65. The minimum atomic E-state index is -0.579. The molecule has 0 bridgehead atoms. The van der Waals surface area contributed by atoms with Crippen LogP contribution in [0.4, 0.5) is 0 Å². The van der Waals surface area contributed by atoms with Gasteiger partial charge in [0.2, 0.25) is 0 Å². The van der Waals surface area contributed by atoms with Gasteiger partial charge in [-0.2, -0.15) is 11.8 Å². The second kappa shape index (κ2) is 6.88. The minimum absolute atomic E-state index is 0.308. The van der Waals surface area contributed by atoms with Crippen molar-refractivity contribution in [1.29, 1.82) is 0 Å². The molecule has 0 amide bonds. The zero-order valence-corrected chi connectivity index (χ0v) is 10.8. The maximum atomic E-state index is 11.6. The molecule has 0 saturated carbocycles. The van der Waals surface area contributed by atoms with E-state index < -0.39 is 17.4 Å². The van der Waals surface area contributed by atoms with Crippen LogP contribution >= 0.6 is 11.8 Å². The normalized spacial score (nSPS) is 11.2. The van der Waals surface area contributed by atoms with Gasteiger partial charge in [-0.15, -0.1) is 0 Å². The molecule has 3 nitrogen and oxygen atoms in total. The average molecular weight is 232 g/mol. The summed E-state index contributed by atoms with van der Waals surface area (Å²) >= 11 is 1.67. The third kappa shape index (κ3) is 5.82. The lowest BCUT2D eigenvalue weighted by molar-refractivity contribution is -0.165. The zero-order valence-electron chi connectivity index (χ0n) is 9.96. The van der Waals surface area contributed by atoms with Crippen molar-refractivity contribution in [2.45, 2.75) is 40.5 Å². The fourth-order valence-electron chi connectivity index (χ4n) is 0.913. The van der Waals surface area contributed by atoms with Crippen molar-refractivity contribution in [3.63, 3.8) is 0 Å². The Bertz CT molecular complexity index is 224. The molecule has 0 spiro atoms. The molecule has 0 aromatic carbocycles. The van der Waals surface area contributed by atoms with Crippen molar-refractivity contribution in [2.75, 3.05) is 11.5 Å². The summed E-state index contributed by atoms with van der Waals surface area (Å²) in [6.45, 7) is 7.52. The van der Waals surface area contributed by atoms with E-state index in [1.54, 1.807) is 25.6 Å². The molecule has 15 heavy (non-hydrogen) atoms. The molecular formula is C11H20O3S. The average Bonchev–Trinajstić information content (AvgIpc) is 2.15. The Hall–Kier alpha value is -0.510. The summed E-state index contributed by atoms with van der Waals surface area (Å²) in [7, 11) is 0. The molecule has 4 heteroatoms. The molecule has 0 aliphatic rings. The lowest BCUT2D eigenvalue weighted by atomic mass is 9.97. The predicted molar refractivity (Wildman–Crippen MR) is 62.8 cm³/mol. The highest BCUT2D eigenvalue weighted by molar-refractivity contribution is 7.99. The van der Waals surface area contributed by atoms with E-state index in [-0.39, 0.29) is 0 Å². The molecule has 0 saturated heterocycles. The maximum Gasteiger partial charge on any atom is 0.319 e. The molecule has 0 unspecified atom stereocenters. The van der Waals surface area contributed by atoms with E-state index in [2.05, 4.69) is 0 Å². The fraction of sp³-hybridized carbons (Fsp3) is 0.818. The number of carbonyl (C=O) groups excluding carboxylic acids is 2. The Morgan fingerprint density at radius 3 is 2.33 bits per heavy atom. The maximum absolute atomic E-state index is 11.6. The Morgan fingerprint density at radius 1 is 1.27 bits per heavy atom. The van der Waals surface area contributed by atoms with Gasteiger partial charge in [-0.05, 0) is 26.0 Å². The molecule has 0 radical (unpaired) electrons. The first-order valence-electron chi connectivity index (χ1n) is 5.27. The third-order valence-corrected chi connectivity index (χ3v) is 3.21. The summed E-state index contributed by atoms with van der Waals surface area (Å²) < 4.78 is 4.76. The van der Waals surface area contributed by atoms with Gasteiger partial charge >= 0.3 is 11.9 Å². The number of esters is 2. The van der Waals surface area contributed by atoms with Crippen LogP contribution in [-0.4, -0.2) is 23.4 Å². The van der Waals surface area contributed by atoms with Gasteiger partial charge in [0, 0.05) is 12.2 Å². The van der Waals surface area contributed by atoms with Gasteiger partial charge in [-0.1, -0.05) is 13.8 Å². The first-order chi connectivity index (χ1) is 6.94. The van der Waals surface area contributed by atoms with Gasteiger partial charge in [0.25, 0.3) is 0 Å². The van der Waals surface area contributed by atoms with Gasteiger partial charge < -0.3 is 4.74 Å². The summed E-state index contributed by atoms with van der Waals surface area (Å²) in [5, 5.41) is 0. The van der Waals surface area contributed by atoms with Crippen LogP contribution in [0.25, 0.3) is 0 Å². The lowest BCUT2D eigenvalue weighted by Gasteiger charge is -2.20. The van der Waals surface area contributed by atoms with Gasteiger partial charge in [0.05, 0.1) is 5.41 Å².